The number of hydrogen-bond acceptors (Lipinski definition) is 4. The maximum atomic E-state index is 12.7. The summed E-state index contributed by atoms with van der Waals surface area (Å²) in [5.74, 6) is 0.418. The lowest BCUT2D eigenvalue weighted by Gasteiger charge is -2.33. The number of amides is 2. The van der Waals surface area contributed by atoms with Crippen molar-refractivity contribution in [3.8, 4) is 0 Å². The fourth-order valence-electron chi connectivity index (χ4n) is 3.61. The standard InChI is InChI=1S/C19H27N3O2S/c1-15-20-17(14-25-15)6-7-18(23)21-12-8-16(9-13-21)19(24)22-10-4-2-3-5-11-22/h6-7,14,16H,2-5,8-13H2,1H3. The van der Waals surface area contributed by atoms with Gasteiger partial charge in [-0.15, -0.1) is 11.3 Å². The summed E-state index contributed by atoms with van der Waals surface area (Å²) in [4.78, 5) is 33.3. The van der Waals surface area contributed by atoms with Crippen LogP contribution in [-0.2, 0) is 9.59 Å². The van der Waals surface area contributed by atoms with Crippen LogP contribution in [-0.4, -0.2) is 52.8 Å². The van der Waals surface area contributed by atoms with Gasteiger partial charge in [0.15, 0.2) is 0 Å². The van der Waals surface area contributed by atoms with Crippen LogP contribution in [0.2, 0.25) is 0 Å². The number of carbonyl (C=O) groups is 2. The summed E-state index contributed by atoms with van der Waals surface area (Å²) in [7, 11) is 0. The van der Waals surface area contributed by atoms with Gasteiger partial charge in [-0.2, -0.15) is 0 Å². The lowest BCUT2D eigenvalue weighted by atomic mass is 9.95. The number of aryl methyl sites for hydroxylation is 1. The van der Waals surface area contributed by atoms with Gasteiger partial charge >= 0.3 is 0 Å². The Kier molecular flexibility index (Phi) is 6.24. The van der Waals surface area contributed by atoms with Gasteiger partial charge in [-0.05, 0) is 38.7 Å². The second-order valence-electron chi connectivity index (χ2n) is 6.96. The molecule has 25 heavy (non-hydrogen) atoms. The Hall–Kier alpha value is -1.69. The average Bonchev–Trinajstić information content (AvgIpc) is 2.87. The molecule has 0 atom stereocenters. The number of hydrogen-bond donors (Lipinski definition) is 0. The number of piperidine rings is 1. The Labute approximate surface area is 153 Å². The molecule has 2 fully saturated rings. The molecule has 2 saturated heterocycles. The van der Waals surface area contributed by atoms with Crippen molar-refractivity contribution in [1.82, 2.24) is 14.8 Å². The van der Waals surface area contributed by atoms with E-state index in [1.54, 1.807) is 23.5 Å². The first-order chi connectivity index (χ1) is 12.1. The summed E-state index contributed by atoms with van der Waals surface area (Å²) in [5, 5.41) is 2.95. The average molecular weight is 362 g/mol. The van der Waals surface area contributed by atoms with Gasteiger partial charge in [0.2, 0.25) is 11.8 Å². The molecule has 0 aromatic carbocycles. The van der Waals surface area contributed by atoms with Crippen molar-refractivity contribution in [2.45, 2.75) is 45.4 Å². The number of likely N-dealkylation sites (tertiary alicyclic amines) is 2. The summed E-state index contributed by atoms with van der Waals surface area (Å²) >= 11 is 1.58. The van der Waals surface area contributed by atoms with Gasteiger partial charge in [0.05, 0.1) is 10.7 Å². The van der Waals surface area contributed by atoms with Gasteiger partial charge in [-0.25, -0.2) is 4.98 Å². The van der Waals surface area contributed by atoms with E-state index in [4.69, 9.17) is 0 Å². The van der Waals surface area contributed by atoms with Crippen molar-refractivity contribution >= 4 is 29.2 Å². The highest BCUT2D eigenvalue weighted by Gasteiger charge is 2.29. The molecule has 6 heteroatoms. The van der Waals surface area contributed by atoms with E-state index < -0.39 is 0 Å². The first kappa shape index (κ1) is 18.1. The maximum absolute atomic E-state index is 12.7. The van der Waals surface area contributed by atoms with E-state index in [0.29, 0.717) is 19.0 Å². The number of carbonyl (C=O) groups excluding carboxylic acids is 2. The Morgan fingerprint density at radius 3 is 2.36 bits per heavy atom. The predicted molar refractivity (Wildman–Crippen MR) is 100 cm³/mol. The van der Waals surface area contributed by atoms with Crippen LogP contribution in [0.1, 0.15) is 49.2 Å². The van der Waals surface area contributed by atoms with Crippen LogP contribution < -0.4 is 0 Å². The van der Waals surface area contributed by atoms with Crippen LogP contribution in [0, 0.1) is 12.8 Å². The van der Waals surface area contributed by atoms with E-state index in [1.807, 2.05) is 17.2 Å². The molecule has 3 heterocycles. The van der Waals surface area contributed by atoms with Crippen molar-refractivity contribution in [3.05, 3.63) is 22.2 Å². The fourth-order valence-corrected chi connectivity index (χ4v) is 4.20. The molecule has 2 aliphatic heterocycles. The van der Waals surface area contributed by atoms with Crippen LogP contribution in [0.15, 0.2) is 11.5 Å². The molecule has 0 spiro atoms. The minimum absolute atomic E-state index is 0.0197. The van der Waals surface area contributed by atoms with E-state index in [9.17, 15) is 9.59 Å². The van der Waals surface area contributed by atoms with E-state index in [1.165, 1.54) is 12.8 Å². The van der Waals surface area contributed by atoms with Crippen molar-refractivity contribution in [3.63, 3.8) is 0 Å². The van der Waals surface area contributed by atoms with Crippen LogP contribution in [0.5, 0.6) is 0 Å². The molecule has 0 unspecified atom stereocenters. The topological polar surface area (TPSA) is 53.5 Å². The number of rotatable bonds is 3. The monoisotopic (exact) mass is 361 g/mol. The lowest BCUT2D eigenvalue weighted by Crippen LogP contribution is -2.44. The quantitative estimate of drug-likeness (QED) is 0.778. The summed E-state index contributed by atoms with van der Waals surface area (Å²) in [6.07, 6.45) is 9.68. The van der Waals surface area contributed by atoms with Crippen molar-refractivity contribution in [2.75, 3.05) is 26.2 Å². The molecule has 0 radical (unpaired) electrons. The Bertz CT molecular complexity index is 624. The third kappa shape index (κ3) is 4.91. The molecule has 2 amide bonds. The highest BCUT2D eigenvalue weighted by atomic mass is 32.1. The summed E-state index contributed by atoms with van der Waals surface area (Å²) in [6, 6.07) is 0. The van der Waals surface area contributed by atoms with E-state index in [-0.39, 0.29) is 11.8 Å². The molecule has 3 rings (SSSR count). The van der Waals surface area contributed by atoms with Crippen molar-refractivity contribution in [1.29, 1.82) is 0 Å². The largest absolute Gasteiger partial charge is 0.342 e. The van der Waals surface area contributed by atoms with Crippen LogP contribution in [0.25, 0.3) is 6.08 Å². The van der Waals surface area contributed by atoms with Gasteiger partial charge in [0.25, 0.3) is 0 Å². The molecule has 0 aliphatic carbocycles. The number of nitrogens with zero attached hydrogens (tertiary/aromatic N) is 3. The summed E-state index contributed by atoms with van der Waals surface area (Å²) in [6.45, 7) is 5.12. The normalized spacial score (nSPS) is 20.0. The molecule has 136 valence electrons. The number of thiazole rings is 1. The molecule has 0 saturated carbocycles. The molecule has 5 nitrogen and oxygen atoms in total. The first-order valence-corrected chi connectivity index (χ1v) is 10.2. The van der Waals surface area contributed by atoms with Gasteiger partial charge in [-0.1, -0.05) is 12.8 Å². The smallest absolute Gasteiger partial charge is 0.246 e. The molecular formula is C19H27N3O2S. The molecule has 2 aliphatic rings. The molecule has 1 aromatic heterocycles. The first-order valence-electron chi connectivity index (χ1n) is 9.31. The van der Waals surface area contributed by atoms with Gasteiger partial charge in [0, 0.05) is 43.6 Å². The molecule has 0 N–H and O–H groups in total. The minimum Gasteiger partial charge on any atom is -0.342 e. The zero-order valence-corrected chi connectivity index (χ0v) is 15.8. The lowest BCUT2D eigenvalue weighted by molar-refractivity contribution is -0.139. The van der Waals surface area contributed by atoms with Gasteiger partial charge < -0.3 is 9.80 Å². The van der Waals surface area contributed by atoms with Crippen LogP contribution in [0.4, 0.5) is 0 Å². The minimum atomic E-state index is 0.0197. The fraction of sp³-hybridized carbons (Fsp3) is 0.632. The molecule has 1 aromatic rings. The zero-order chi connectivity index (χ0) is 17.6. The maximum Gasteiger partial charge on any atom is 0.246 e. The Balaban J connectivity index is 1.48. The Morgan fingerprint density at radius 1 is 1.08 bits per heavy atom. The highest BCUT2D eigenvalue weighted by molar-refractivity contribution is 7.09. The Morgan fingerprint density at radius 2 is 1.76 bits per heavy atom. The molecular weight excluding hydrogens is 334 g/mol. The summed E-state index contributed by atoms with van der Waals surface area (Å²) in [5.41, 5.74) is 0.835. The molecule has 0 bridgehead atoms. The second kappa shape index (κ2) is 8.61. The van der Waals surface area contributed by atoms with Gasteiger partial charge in [-0.3, -0.25) is 9.59 Å². The van der Waals surface area contributed by atoms with Crippen LogP contribution >= 0.6 is 11.3 Å². The van der Waals surface area contributed by atoms with Crippen LogP contribution in [0.3, 0.4) is 0 Å². The predicted octanol–water partition coefficient (Wildman–Crippen LogP) is 3.11. The summed E-state index contributed by atoms with van der Waals surface area (Å²) < 4.78 is 0. The highest BCUT2D eigenvalue weighted by Crippen LogP contribution is 2.22. The third-order valence-corrected chi connectivity index (χ3v) is 5.90. The zero-order valence-electron chi connectivity index (χ0n) is 14.9. The van der Waals surface area contributed by atoms with Crippen molar-refractivity contribution in [2.24, 2.45) is 5.92 Å². The van der Waals surface area contributed by atoms with E-state index in [0.717, 1.165) is 49.5 Å². The second-order valence-corrected chi connectivity index (χ2v) is 8.03. The van der Waals surface area contributed by atoms with E-state index >= 15 is 0 Å². The SMILES string of the molecule is Cc1nc(C=CC(=O)N2CCC(C(=O)N3CCCCCC3)CC2)cs1. The van der Waals surface area contributed by atoms with Crippen molar-refractivity contribution < 1.29 is 9.59 Å². The van der Waals surface area contributed by atoms with E-state index in [2.05, 4.69) is 9.88 Å². The number of aromatic nitrogens is 1. The van der Waals surface area contributed by atoms with Gasteiger partial charge in [0.1, 0.15) is 0 Å². The third-order valence-electron chi connectivity index (χ3n) is 5.11.